The SMILES string of the molecule is CCc1ccc(CC)c(CNC(=O)[C@H](CC)N(c2ccccc2)S(C)(=O)=O)c1. The van der Waals surface area contributed by atoms with E-state index >= 15 is 0 Å². The number of amides is 1. The molecule has 1 amide bonds. The van der Waals surface area contributed by atoms with Gasteiger partial charge in [-0.2, -0.15) is 0 Å². The number of aryl methyl sites for hydroxylation is 2. The van der Waals surface area contributed by atoms with Gasteiger partial charge in [0.05, 0.1) is 11.9 Å². The van der Waals surface area contributed by atoms with Crippen LogP contribution in [0.25, 0.3) is 0 Å². The molecule has 0 aliphatic heterocycles. The van der Waals surface area contributed by atoms with Gasteiger partial charge in [0.2, 0.25) is 15.9 Å². The van der Waals surface area contributed by atoms with E-state index in [0.717, 1.165) is 24.7 Å². The second kappa shape index (κ2) is 9.73. The summed E-state index contributed by atoms with van der Waals surface area (Å²) in [5, 5.41) is 2.95. The third-order valence-corrected chi connectivity index (χ3v) is 6.03. The maximum absolute atomic E-state index is 12.9. The maximum atomic E-state index is 12.9. The Morgan fingerprint density at radius 2 is 1.68 bits per heavy atom. The third kappa shape index (κ3) is 5.35. The fraction of sp³-hybridized carbons (Fsp3) is 0.409. The van der Waals surface area contributed by atoms with E-state index in [1.807, 2.05) is 13.0 Å². The first kappa shape index (κ1) is 22.0. The van der Waals surface area contributed by atoms with Gasteiger partial charge < -0.3 is 5.32 Å². The minimum Gasteiger partial charge on any atom is -0.350 e. The molecule has 0 spiro atoms. The van der Waals surface area contributed by atoms with Crippen LogP contribution in [0.5, 0.6) is 0 Å². The lowest BCUT2D eigenvalue weighted by molar-refractivity contribution is -0.122. The molecule has 1 atom stereocenters. The largest absolute Gasteiger partial charge is 0.350 e. The van der Waals surface area contributed by atoms with Gasteiger partial charge in [-0.05, 0) is 48.1 Å². The van der Waals surface area contributed by atoms with Gasteiger partial charge >= 0.3 is 0 Å². The van der Waals surface area contributed by atoms with Crippen molar-refractivity contribution >= 4 is 21.6 Å². The Bertz CT molecular complexity index is 895. The van der Waals surface area contributed by atoms with Crippen LogP contribution in [-0.4, -0.2) is 26.6 Å². The molecule has 0 radical (unpaired) electrons. The van der Waals surface area contributed by atoms with E-state index < -0.39 is 16.1 Å². The Kier molecular flexibility index (Phi) is 7.63. The molecule has 0 saturated carbocycles. The third-order valence-electron chi connectivity index (χ3n) is 4.85. The van der Waals surface area contributed by atoms with Crippen LogP contribution in [-0.2, 0) is 34.2 Å². The molecule has 6 heteroatoms. The second-order valence-electron chi connectivity index (χ2n) is 6.85. The summed E-state index contributed by atoms with van der Waals surface area (Å²) in [5.74, 6) is -0.291. The van der Waals surface area contributed by atoms with Crippen molar-refractivity contribution in [1.29, 1.82) is 0 Å². The molecule has 0 bridgehead atoms. The van der Waals surface area contributed by atoms with Gasteiger partial charge in [-0.15, -0.1) is 0 Å². The van der Waals surface area contributed by atoms with Gasteiger partial charge in [0.1, 0.15) is 6.04 Å². The average Bonchev–Trinajstić information content (AvgIpc) is 2.69. The van der Waals surface area contributed by atoms with Crippen molar-refractivity contribution in [3.05, 3.63) is 65.2 Å². The summed E-state index contributed by atoms with van der Waals surface area (Å²) in [4.78, 5) is 12.9. The first-order chi connectivity index (χ1) is 13.3. The number of benzene rings is 2. The fourth-order valence-corrected chi connectivity index (χ4v) is 4.56. The van der Waals surface area contributed by atoms with E-state index in [4.69, 9.17) is 0 Å². The maximum Gasteiger partial charge on any atom is 0.244 e. The van der Waals surface area contributed by atoms with Crippen molar-refractivity contribution in [1.82, 2.24) is 5.32 Å². The molecular weight excluding hydrogens is 372 g/mol. The van der Waals surface area contributed by atoms with E-state index in [-0.39, 0.29) is 5.91 Å². The zero-order valence-electron chi connectivity index (χ0n) is 17.1. The van der Waals surface area contributed by atoms with Crippen LogP contribution in [0.2, 0.25) is 0 Å². The molecule has 28 heavy (non-hydrogen) atoms. The van der Waals surface area contributed by atoms with Crippen LogP contribution in [0.3, 0.4) is 0 Å². The van der Waals surface area contributed by atoms with E-state index in [2.05, 4.69) is 37.4 Å². The summed E-state index contributed by atoms with van der Waals surface area (Å²) in [5.41, 5.74) is 3.98. The van der Waals surface area contributed by atoms with Crippen molar-refractivity contribution in [2.75, 3.05) is 10.6 Å². The Labute approximate surface area is 168 Å². The summed E-state index contributed by atoms with van der Waals surface area (Å²) in [6.07, 6.45) is 3.32. The molecular formula is C22H30N2O3S. The molecule has 0 fully saturated rings. The highest BCUT2D eigenvalue weighted by Gasteiger charge is 2.31. The van der Waals surface area contributed by atoms with Gasteiger partial charge in [-0.25, -0.2) is 8.42 Å². The van der Waals surface area contributed by atoms with Crippen molar-refractivity contribution in [3.63, 3.8) is 0 Å². The van der Waals surface area contributed by atoms with E-state index in [1.165, 1.54) is 15.4 Å². The number of sulfonamides is 1. The van der Waals surface area contributed by atoms with Gasteiger partial charge in [0, 0.05) is 6.54 Å². The minimum atomic E-state index is -3.61. The van der Waals surface area contributed by atoms with E-state index in [9.17, 15) is 13.2 Å². The molecule has 0 aromatic heterocycles. The summed E-state index contributed by atoms with van der Waals surface area (Å²) >= 11 is 0. The Morgan fingerprint density at radius 1 is 1.00 bits per heavy atom. The number of anilines is 1. The minimum absolute atomic E-state index is 0.291. The number of nitrogens with one attached hydrogen (secondary N) is 1. The predicted molar refractivity (Wildman–Crippen MR) is 115 cm³/mol. The van der Waals surface area contributed by atoms with Crippen LogP contribution in [0.15, 0.2) is 48.5 Å². The van der Waals surface area contributed by atoms with Crippen LogP contribution in [0.4, 0.5) is 5.69 Å². The molecule has 2 rings (SSSR count). The average molecular weight is 403 g/mol. The molecule has 0 heterocycles. The lowest BCUT2D eigenvalue weighted by Crippen LogP contribution is -2.49. The zero-order valence-corrected chi connectivity index (χ0v) is 17.9. The summed E-state index contributed by atoms with van der Waals surface area (Å²) < 4.78 is 26.1. The molecule has 0 aliphatic carbocycles. The first-order valence-corrected chi connectivity index (χ1v) is 11.6. The van der Waals surface area contributed by atoms with Crippen LogP contribution in [0, 0.1) is 0 Å². The number of nitrogens with zero attached hydrogens (tertiary/aromatic N) is 1. The van der Waals surface area contributed by atoms with Gasteiger partial charge in [-0.3, -0.25) is 9.10 Å². The fourth-order valence-electron chi connectivity index (χ4n) is 3.34. The normalized spacial score (nSPS) is 12.4. The summed E-state index contributed by atoms with van der Waals surface area (Å²) in [7, 11) is -3.61. The van der Waals surface area contributed by atoms with E-state index in [0.29, 0.717) is 18.7 Å². The number of carbonyl (C=O) groups excluding carboxylic acids is 1. The number of hydrogen-bond donors (Lipinski definition) is 1. The molecule has 2 aromatic rings. The number of hydrogen-bond acceptors (Lipinski definition) is 3. The molecule has 1 N–H and O–H groups in total. The number of para-hydroxylation sites is 1. The Balaban J connectivity index is 2.25. The topological polar surface area (TPSA) is 66.5 Å². The molecule has 2 aromatic carbocycles. The number of carbonyl (C=O) groups is 1. The van der Waals surface area contributed by atoms with Crippen LogP contribution >= 0.6 is 0 Å². The summed E-state index contributed by atoms with van der Waals surface area (Å²) in [6, 6.07) is 14.3. The second-order valence-corrected chi connectivity index (χ2v) is 8.71. The smallest absolute Gasteiger partial charge is 0.244 e. The first-order valence-electron chi connectivity index (χ1n) is 9.74. The molecule has 0 aliphatic rings. The molecule has 0 saturated heterocycles. The van der Waals surface area contributed by atoms with Gasteiger partial charge in [0.15, 0.2) is 0 Å². The lowest BCUT2D eigenvalue weighted by atomic mass is 10.0. The Hall–Kier alpha value is -2.34. The molecule has 5 nitrogen and oxygen atoms in total. The van der Waals surface area contributed by atoms with E-state index in [1.54, 1.807) is 24.3 Å². The molecule has 152 valence electrons. The van der Waals surface area contributed by atoms with Crippen LogP contribution in [0.1, 0.15) is 43.9 Å². The highest BCUT2D eigenvalue weighted by molar-refractivity contribution is 7.92. The molecule has 0 unspecified atom stereocenters. The summed E-state index contributed by atoms with van der Waals surface area (Å²) in [6.45, 7) is 6.39. The highest BCUT2D eigenvalue weighted by atomic mass is 32.2. The quantitative estimate of drug-likeness (QED) is 0.696. The highest BCUT2D eigenvalue weighted by Crippen LogP contribution is 2.22. The number of rotatable bonds is 9. The van der Waals surface area contributed by atoms with Crippen molar-refractivity contribution in [2.24, 2.45) is 0 Å². The van der Waals surface area contributed by atoms with Gasteiger partial charge in [0.25, 0.3) is 0 Å². The van der Waals surface area contributed by atoms with Crippen molar-refractivity contribution in [2.45, 2.75) is 52.6 Å². The zero-order chi connectivity index (χ0) is 20.7. The lowest BCUT2D eigenvalue weighted by Gasteiger charge is -2.30. The van der Waals surface area contributed by atoms with Crippen LogP contribution < -0.4 is 9.62 Å². The predicted octanol–water partition coefficient (Wildman–Crippen LogP) is 3.67. The van der Waals surface area contributed by atoms with Crippen molar-refractivity contribution in [3.8, 4) is 0 Å². The monoisotopic (exact) mass is 402 g/mol. The standard InChI is InChI=1S/C22H30N2O3S/c1-5-17-13-14-18(6-2)19(15-17)16-23-22(25)21(7-3)24(28(4,26)27)20-11-9-8-10-12-20/h8-15,21H,5-7,16H2,1-4H3,(H,23,25)/t21-/m0/s1. The Morgan fingerprint density at radius 3 is 2.21 bits per heavy atom. The van der Waals surface area contributed by atoms with Crippen molar-refractivity contribution < 1.29 is 13.2 Å². The van der Waals surface area contributed by atoms with Gasteiger partial charge in [-0.1, -0.05) is 57.2 Å².